The summed E-state index contributed by atoms with van der Waals surface area (Å²) in [7, 11) is 0.672. The quantitative estimate of drug-likeness (QED) is 0.669. The van der Waals surface area contributed by atoms with E-state index in [4.69, 9.17) is 16.3 Å². The summed E-state index contributed by atoms with van der Waals surface area (Å²) in [6, 6.07) is 10.6. The van der Waals surface area contributed by atoms with Gasteiger partial charge in [0.25, 0.3) is 5.91 Å². The van der Waals surface area contributed by atoms with E-state index in [0.717, 1.165) is 8.61 Å². The Kier molecular flexibility index (Phi) is 7.23. The van der Waals surface area contributed by atoms with Crippen LogP contribution in [0.15, 0.2) is 42.5 Å². The fourth-order valence-electron chi connectivity index (χ4n) is 2.37. The molecule has 0 bridgehead atoms. The monoisotopic (exact) mass is 439 g/mol. The third kappa shape index (κ3) is 5.26. The number of esters is 1. The molecule has 8 nitrogen and oxygen atoms in total. The Morgan fingerprint density at radius 3 is 2.24 bits per heavy atom. The Hall–Kier alpha value is -2.62. The van der Waals surface area contributed by atoms with Crippen molar-refractivity contribution in [3.63, 3.8) is 0 Å². The average molecular weight is 440 g/mol. The standard InChI is InChI=1S/C19H22ClN3O5S/c1-5-28-19(25)16-12-14(8-11-17(16)20)21-18(24)13-6-9-15(10-7-13)23(4)29(26,27)22(2)3/h6-12H,5H2,1-4H3,(H,21,24). The Bertz CT molecular complexity index is 1010. The lowest BCUT2D eigenvalue weighted by molar-refractivity contribution is 0.0526. The maximum Gasteiger partial charge on any atom is 0.339 e. The first-order valence-corrected chi connectivity index (χ1v) is 10.4. The molecule has 0 radical (unpaired) electrons. The first kappa shape index (κ1) is 22.7. The van der Waals surface area contributed by atoms with Gasteiger partial charge in [-0.25, -0.2) is 4.79 Å². The van der Waals surface area contributed by atoms with Crippen molar-refractivity contribution in [2.24, 2.45) is 0 Å². The number of nitrogens with zero attached hydrogens (tertiary/aromatic N) is 2. The Labute approximate surface area is 175 Å². The van der Waals surface area contributed by atoms with Gasteiger partial charge in [0.2, 0.25) is 0 Å². The molecule has 2 rings (SSSR count). The third-order valence-corrected chi connectivity index (χ3v) is 6.18. The third-order valence-electron chi connectivity index (χ3n) is 4.02. The highest BCUT2D eigenvalue weighted by molar-refractivity contribution is 7.90. The topological polar surface area (TPSA) is 96.0 Å². The molecule has 0 fully saturated rings. The van der Waals surface area contributed by atoms with E-state index >= 15 is 0 Å². The maximum absolute atomic E-state index is 12.5. The van der Waals surface area contributed by atoms with Crippen LogP contribution < -0.4 is 9.62 Å². The molecule has 0 saturated carbocycles. The van der Waals surface area contributed by atoms with E-state index in [1.807, 2.05) is 0 Å². The van der Waals surface area contributed by atoms with Crippen molar-refractivity contribution in [2.75, 3.05) is 37.4 Å². The molecule has 2 aromatic rings. The van der Waals surface area contributed by atoms with Crippen LogP contribution in [-0.2, 0) is 14.9 Å². The predicted molar refractivity (Wildman–Crippen MR) is 113 cm³/mol. The van der Waals surface area contributed by atoms with Gasteiger partial charge in [0.15, 0.2) is 0 Å². The zero-order valence-corrected chi connectivity index (χ0v) is 18.0. The molecular formula is C19H22ClN3O5S. The van der Waals surface area contributed by atoms with E-state index in [1.165, 1.54) is 57.5 Å². The van der Waals surface area contributed by atoms with Crippen molar-refractivity contribution in [1.82, 2.24) is 4.31 Å². The number of benzene rings is 2. The van der Waals surface area contributed by atoms with E-state index in [0.29, 0.717) is 16.9 Å². The highest BCUT2D eigenvalue weighted by atomic mass is 35.5. The Morgan fingerprint density at radius 2 is 1.69 bits per heavy atom. The number of carbonyl (C=O) groups excluding carboxylic acids is 2. The molecule has 10 heteroatoms. The summed E-state index contributed by atoms with van der Waals surface area (Å²) in [6.07, 6.45) is 0. The Morgan fingerprint density at radius 1 is 1.07 bits per heavy atom. The van der Waals surface area contributed by atoms with Gasteiger partial charge in [0, 0.05) is 32.4 Å². The Balaban J connectivity index is 2.18. The van der Waals surface area contributed by atoms with Gasteiger partial charge < -0.3 is 10.1 Å². The molecule has 0 saturated heterocycles. The molecule has 156 valence electrons. The molecular weight excluding hydrogens is 418 g/mol. The number of anilines is 2. The SMILES string of the molecule is CCOC(=O)c1cc(NC(=O)c2ccc(N(C)S(=O)(=O)N(C)C)cc2)ccc1Cl. The fourth-order valence-corrected chi connectivity index (χ4v) is 3.45. The van der Waals surface area contributed by atoms with Crippen LogP contribution in [0.25, 0.3) is 0 Å². The lowest BCUT2D eigenvalue weighted by Gasteiger charge is -2.23. The smallest absolute Gasteiger partial charge is 0.339 e. The first-order valence-electron chi connectivity index (χ1n) is 8.62. The van der Waals surface area contributed by atoms with Gasteiger partial charge in [0.1, 0.15) is 0 Å². The molecule has 0 aromatic heterocycles. The minimum absolute atomic E-state index is 0.150. The average Bonchev–Trinajstić information content (AvgIpc) is 2.68. The minimum Gasteiger partial charge on any atom is -0.462 e. The second kappa shape index (κ2) is 9.25. The number of ether oxygens (including phenoxy) is 1. The van der Waals surface area contributed by atoms with Crippen LogP contribution in [0.5, 0.6) is 0 Å². The largest absolute Gasteiger partial charge is 0.462 e. The van der Waals surface area contributed by atoms with Gasteiger partial charge in [-0.3, -0.25) is 9.10 Å². The van der Waals surface area contributed by atoms with Gasteiger partial charge in [-0.2, -0.15) is 12.7 Å². The molecule has 0 heterocycles. The molecule has 0 aliphatic heterocycles. The predicted octanol–water partition coefficient (Wildman–Crippen LogP) is 3.01. The van der Waals surface area contributed by atoms with Crippen LogP contribution in [-0.4, -0.2) is 52.3 Å². The van der Waals surface area contributed by atoms with Crippen molar-refractivity contribution < 1.29 is 22.7 Å². The van der Waals surface area contributed by atoms with E-state index in [9.17, 15) is 18.0 Å². The molecule has 0 unspecified atom stereocenters. The second-order valence-corrected chi connectivity index (χ2v) is 8.75. The van der Waals surface area contributed by atoms with E-state index in [-0.39, 0.29) is 17.2 Å². The molecule has 2 aromatic carbocycles. The van der Waals surface area contributed by atoms with Crippen molar-refractivity contribution in [1.29, 1.82) is 0 Å². The highest BCUT2D eigenvalue weighted by Crippen LogP contribution is 2.23. The summed E-state index contributed by atoms with van der Waals surface area (Å²) in [4.78, 5) is 24.4. The van der Waals surface area contributed by atoms with E-state index in [2.05, 4.69) is 5.32 Å². The van der Waals surface area contributed by atoms with Crippen LogP contribution in [0.4, 0.5) is 11.4 Å². The molecule has 0 aliphatic rings. The van der Waals surface area contributed by atoms with Gasteiger partial charge in [0.05, 0.1) is 22.9 Å². The molecule has 0 spiro atoms. The van der Waals surface area contributed by atoms with Crippen LogP contribution in [0.2, 0.25) is 5.02 Å². The van der Waals surface area contributed by atoms with Crippen LogP contribution in [0, 0.1) is 0 Å². The molecule has 0 atom stereocenters. The van der Waals surface area contributed by atoms with Crippen molar-refractivity contribution in [2.45, 2.75) is 6.92 Å². The summed E-state index contributed by atoms with van der Waals surface area (Å²) >= 11 is 6.02. The van der Waals surface area contributed by atoms with Gasteiger partial charge in [-0.15, -0.1) is 0 Å². The molecule has 1 amide bonds. The van der Waals surface area contributed by atoms with Crippen molar-refractivity contribution in [3.8, 4) is 0 Å². The number of halogens is 1. The molecule has 29 heavy (non-hydrogen) atoms. The summed E-state index contributed by atoms with van der Waals surface area (Å²) in [6.45, 7) is 1.89. The number of nitrogens with one attached hydrogen (secondary N) is 1. The zero-order valence-electron chi connectivity index (χ0n) is 16.5. The van der Waals surface area contributed by atoms with Crippen LogP contribution in [0.3, 0.4) is 0 Å². The van der Waals surface area contributed by atoms with Gasteiger partial charge >= 0.3 is 16.2 Å². The van der Waals surface area contributed by atoms with Gasteiger partial charge in [-0.05, 0) is 49.4 Å². The summed E-state index contributed by atoms with van der Waals surface area (Å²) in [5.41, 5.74) is 1.25. The normalized spacial score (nSPS) is 11.2. The molecule has 1 N–H and O–H groups in total. The number of amides is 1. The van der Waals surface area contributed by atoms with E-state index in [1.54, 1.807) is 13.0 Å². The number of rotatable bonds is 7. The van der Waals surface area contributed by atoms with Gasteiger partial charge in [-0.1, -0.05) is 11.6 Å². The summed E-state index contributed by atoms with van der Waals surface area (Å²) in [5.74, 6) is -1.00. The van der Waals surface area contributed by atoms with Crippen molar-refractivity contribution in [3.05, 3.63) is 58.6 Å². The molecule has 0 aliphatic carbocycles. The van der Waals surface area contributed by atoms with E-state index < -0.39 is 22.1 Å². The van der Waals surface area contributed by atoms with Crippen molar-refractivity contribution >= 4 is 45.1 Å². The first-order chi connectivity index (χ1) is 13.6. The lowest BCUT2D eigenvalue weighted by Crippen LogP contribution is -2.37. The second-order valence-electron chi connectivity index (χ2n) is 6.17. The van der Waals surface area contributed by atoms with Crippen LogP contribution in [0.1, 0.15) is 27.6 Å². The zero-order chi connectivity index (χ0) is 21.8. The van der Waals surface area contributed by atoms with Crippen LogP contribution >= 0.6 is 11.6 Å². The maximum atomic E-state index is 12.5. The highest BCUT2D eigenvalue weighted by Gasteiger charge is 2.21. The number of carbonyl (C=O) groups is 2. The lowest BCUT2D eigenvalue weighted by atomic mass is 10.1. The fraction of sp³-hybridized carbons (Fsp3) is 0.263. The summed E-state index contributed by atoms with van der Waals surface area (Å²) in [5, 5.41) is 2.89. The summed E-state index contributed by atoms with van der Waals surface area (Å²) < 4.78 is 31.5. The number of hydrogen-bond acceptors (Lipinski definition) is 5. The number of hydrogen-bond donors (Lipinski definition) is 1. The minimum atomic E-state index is -3.62.